The quantitative estimate of drug-likeness (QED) is 0.781. The number of amides is 1. The fourth-order valence-corrected chi connectivity index (χ4v) is 2.27. The highest BCUT2D eigenvalue weighted by atomic mass is 79.9. The van der Waals surface area contributed by atoms with Crippen LogP contribution in [0.25, 0.3) is 0 Å². The van der Waals surface area contributed by atoms with Gasteiger partial charge in [-0.3, -0.25) is 4.79 Å². The summed E-state index contributed by atoms with van der Waals surface area (Å²) >= 11 is 3.45. The molecule has 4 heteroatoms. The number of aryl methyl sites for hydroxylation is 1. The van der Waals surface area contributed by atoms with Crippen LogP contribution in [-0.2, 0) is 4.74 Å². The van der Waals surface area contributed by atoms with Crippen LogP contribution in [0.4, 0.5) is 0 Å². The lowest BCUT2D eigenvalue weighted by Gasteiger charge is -2.08. The summed E-state index contributed by atoms with van der Waals surface area (Å²) in [6.45, 7) is 4.25. The van der Waals surface area contributed by atoms with Crippen molar-refractivity contribution in [3.63, 3.8) is 0 Å². The summed E-state index contributed by atoms with van der Waals surface area (Å²) < 4.78 is 6.40. The fourth-order valence-electron chi connectivity index (χ4n) is 1.83. The average molecular weight is 326 g/mol. The van der Waals surface area contributed by atoms with Gasteiger partial charge in [0.15, 0.2) is 0 Å². The lowest BCUT2D eigenvalue weighted by atomic mass is 10.1. The van der Waals surface area contributed by atoms with Crippen molar-refractivity contribution in [3.05, 3.63) is 33.8 Å². The lowest BCUT2D eigenvalue weighted by Crippen LogP contribution is -2.25. The molecule has 0 atom stereocenters. The van der Waals surface area contributed by atoms with Crippen LogP contribution in [0.3, 0.4) is 0 Å². The smallest absolute Gasteiger partial charge is 0.252 e. The van der Waals surface area contributed by atoms with Crippen molar-refractivity contribution >= 4 is 21.8 Å². The highest BCUT2D eigenvalue weighted by Crippen LogP contribution is 2.28. The monoisotopic (exact) mass is 325 g/mol. The molecule has 0 saturated heterocycles. The Balaban J connectivity index is 1.67. The van der Waals surface area contributed by atoms with Crippen molar-refractivity contribution in [3.8, 4) is 0 Å². The van der Waals surface area contributed by atoms with Gasteiger partial charge in [-0.25, -0.2) is 0 Å². The van der Waals surface area contributed by atoms with Crippen molar-refractivity contribution in [1.29, 1.82) is 0 Å². The minimum atomic E-state index is -0.0298. The van der Waals surface area contributed by atoms with Crippen molar-refractivity contribution in [1.82, 2.24) is 5.32 Å². The third-order valence-corrected chi connectivity index (χ3v) is 4.29. The van der Waals surface area contributed by atoms with Gasteiger partial charge in [-0.05, 0) is 59.7 Å². The van der Waals surface area contributed by atoms with Crippen LogP contribution in [-0.4, -0.2) is 25.7 Å². The molecule has 0 unspecified atom stereocenters. The Morgan fingerprint density at radius 1 is 1.47 bits per heavy atom. The molecule has 0 radical (unpaired) electrons. The Bertz CT molecular complexity index is 444. The van der Waals surface area contributed by atoms with Crippen LogP contribution < -0.4 is 5.32 Å². The molecule has 1 aliphatic carbocycles. The van der Waals surface area contributed by atoms with Gasteiger partial charge in [-0.15, -0.1) is 0 Å². The minimum absolute atomic E-state index is 0.0298. The summed E-state index contributed by atoms with van der Waals surface area (Å²) in [5, 5.41) is 2.92. The Morgan fingerprint density at radius 2 is 2.26 bits per heavy atom. The van der Waals surface area contributed by atoms with Crippen molar-refractivity contribution in [2.75, 3.05) is 19.8 Å². The molecule has 0 bridgehead atoms. The number of rotatable bonds is 7. The van der Waals surface area contributed by atoms with Gasteiger partial charge in [0.2, 0.25) is 0 Å². The normalized spacial score (nSPS) is 14.4. The first-order chi connectivity index (χ1) is 9.18. The first kappa shape index (κ1) is 14.5. The molecule has 104 valence electrons. The molecule has 2 rings (SSSR count). The summed E-state index contributed by atoms with van der Waals surface area (Å²) in [6, 6.07) is 5.70. The fraction of sp³-hybridized carbons (Fsp3) is 0.533. The molecule has 0 aliphatic heterocycles. The topological polar surface area (TPSA) is 38.3 Å². The van der Waals surface area contributed by atoms with E-state index >= 15 is 0 Å². The third-order valence-electron chi connectivity index (χ3n) is 3.24. The Labute approximate surface area is 122 Å². The molecule has 1 aliphatic rings. The Hall–Kier alpha value is -0.870. The highest BCUT2D eigenvalue weighted by molar-refractivity contribution is 9.10. The lowest BCUT2D eigenvalue weighted by molar-refractivity contribution is 0.0936. The van der Waals surface area contributed by atoms with E-state index in [1.54, 1.807) is 0 Å². The van der Waals surface area contributed by atoms with E-state index in [9.17, 15) is 4.79 Å². The molecule has 0 heterocycles. The van der Waals surface area contributed by atoms with Gasteiger partial charge >= 0.3 is 0 Å². The number of carbonyl (C=O) groups excluding carboxylic acids is 1. The second-order valence-electron chi connectivity index (χ2n) is 5.06. The van der Waals surface area contributed by atoms with E-state index in [1.165, 1.54) is 12.8 Å². The van der Waals surface area contributed by atoms with Crippen molar-refractivity contribution < 1.29 is 9.53 Å². The van der Waals surface area contributed by atoms with Gasteiger partial charge in [-0.1, -0.05) is 12.1 Å². The Morgan fingerprint density at radius 3 is 3.00 bits per heavy atom. The van der Waals surface area contributed by atoms with E-state index in [2.05, 4.69) is 21.2 Å². The van der Waals surface area contributed by atoms with E-state index in [0.717, 1.165) is 35.6 Å². The van der Waals surface area contributed by atoms with Gasteiger partial charge < -0.3 is 10.1 Å². The maximum absolute atomic E-state index is 12.0. The van der Waals surface area contributed by atoms with E-state index in [-0.39, 0.29) is 5.91 Å². The van der Waals surface area contributed by atoms with Gasteiger partial charge in [0.05, 0.1) is 5.56 Å². The molecule has 1 aromatic rings. The summed E-state index contributed by atoms with van der Waals surface area (Å²) in [5.74, 6) is 0.774. The first-order valence-corrected chi connectivity index (χ1v) is 7.59. The van der Waals surface area contributed by atoms with Crippen LogP contribution in [0.1, 0.15) is 35.2 Å². The number of halogens is 1. The molecule has 1 aromatic carbocycles. The highest BCUT2D eigenvalue weighted by Gasteiger charge is 2.20. The van der Waals surface area contributed by atoms with E-state index < -0.39 is 0 Å². The zero-order valence-corrected chi connectivity index (χ0v) is 12.8. The first-order valence-electron chi connectivity index (χ1n) is 6.79. The minimum Gasteiger partial charge on any atom is -0.381 e. The third kappa shape index (κ3) is 4.62. The van der Waals surface area contributed by atoms with Crippen LogP contribution in [0.2, 0.25) is 0 Å². The number of benzene rings is 1. The molecule has 1 fully saturated rings. The van der Waals surface area contributed by atoms with E-state index in [4.69, 9.17) is 4.74 Å². The number of ether oxygens (including phenoxy) is 1. The van der Waals surface area contributed by atoms with Crippen LogP contribution in [0.15, 0.2) is 22.7 Å². The average Bonchev–Trinajstić information content (AvgIpc) is 3.20. The molecule has 0 spiro atoms. The second-order valence-corrected chi connectivity index (χ2v) is 5.86. The summed E-state index contributed by atoms with van der Waals surface area (Å²) in [4.78, 5) is 12.0. The summed E-state index contributed by atoms with van der Waals surface area (Å²) in [6.07, 6.45) is 3.50. The maximum atomic E-state index is 12.0. The number of nitrogens with one attached hydrogen (secondary N) is 1. The predicted molar refractivity (Wildman–Crippen MR) is 79.4 cm³/mol. The Kier molecular flexibility index (Phi) is 5.40. The zero-order chi connectivity index (χ0) is 13.7. The molecular formula is C15H20BrNO2. The molecule has 0 aromatic heterocycles. The van der Waals surface area contributed by atoms with Gasteiger partial charge in [0, 0.05) is 24.2 Å². The SMILES string of the molecule is Cc1cccc(C(=O)NCCCOCC2CC2)c1Br. The van der Waals surface area contributed by atoms with E-state index in [0.29, 0.717) is 12.1 Å². The number of carbonyl (C=O) groups is 1. The van der Waals surface area contributed by atoms with Crippen molar-refractivity contribution in [2.24, 2.45) is 5.92 Å². The van der Waals surface area contributed by atoms with Crippen LogP contribution in [0, 0.1) is 12.8 Å². The molecule has 1 saturated carbocycles. The molecule has 19 heavy (non-hydrogen) atoms. The standard InChI is InChI=1S/C15H20BrNO2/c1-11-4-2-5-13(14(11)16)15(18)17-8-3-9-19-10-12-6-7-12/h2,4-5,12H,3,6-10H2,1H3,(H,17,18). The van der Waals surface area contributed by atoms with Crippen LogP contribution in [0.5, 0.6) is 0 Å². The van der Waals surface area contributed by atoms with Crippen LogP contribution >= 0.6 is 15.9 Å². The zero-order valence-electron chi connectivity index (χ0n) is 11.2. The summed E-state index contributed by atoms with van der Waals surface area (Å²) in [5.41, 5.74) is 1.76. The molecule has 1 amide bonds. The largest absolute Gasteiger partial charge is 0.381 e. The van der Waals surface area contributed by atoms with Gasteiger partial charge in [0.25, 0.3) is 5.91 Å². The van der Waals surface area contributed by atoms with Gasteiger partial charge in [0.1, 0.15) is 0 Å². The predicted octanol–water partition coefficient (Wildman–Crippen LogP) is 3.30. The van der Waals surface area contributed by atoms with Gasteiger partial charge in [-0.2, -0.15) is 0 Å². The number of hydrogen-bond acceptors (Lipinski definition) is 2. The molecule has 3 nitrogen and oxygen atoms in total. The van der Waals surface area contributed by atoms with E-state index in [1.807, 2.05) is 25.1 Å². The summed E-state index contributed by atoms with van der Waals surface area (Å²) in [7, 11) is 0. The van der Waals surface area contributed by atoms with Crippen molar-refractivity contribution in [2.45, 2.75) is 26.2 Å². The second kappa shape index (κ2) is 7.06. The molecule has 1 N–H and O–H groups in total. The molecular weight excluding hydrogens is 306 g/mol. The number of hydrogen-bond donors (Lipinski definition) is 1. The maximum Gasteiger partial charge on any atom is 0.252 e.